The lowest BCUT2D eigenvalue weighted by Crippen LogP contribution is -2.28. The molecule has 1 aromatic heterocycles. The number of thiazole rings is 1. The second kappa shape index (κ2) is 9.28. The first-order valence-electron chi connectivity index (χ1n) is 9.58. The molecule has 0 unspecified atom stereocenters. The number of ether oxygens (including phenoxy) is 1. The van der Waals surface area contributed by atoms with Gasteiger partial charge in [-0.1, -0.05) is 35.9 Å². The number of hydrogen-bond acceptors (Lipinski definition) is 6. The van der Waals surface area contributed by atoms with E-state index in [1.807, 2.05) is 0 Å². The molecule has 2 amide bonds. The lowest BCUT2D eigenvalue weighted by molar-refractivity contribution is -0.119. The van der Waals surface area contributed by atoms with Crippen LogP contribution in [-0.2, 0) is 9.53 Å². The number of nitrogens with one attached hydrogen (secondary N) is 2. The SMILES string of the molecule is O=C(COC(=O)c1csc(-c2ccc(Cl)cc2)n1)Nc1ccccc1C(=O)NC1CC1. The summed E-state index contributed by atoms with van der Waals surface area (Å²) in [5.74, 6) is -1.49. The van der Waals surface area contributed by atoms with Crippen LogP contribution in [-0.4, -0.2) is 35.4 Å². The van der Waals surface area contributed by atoms with Gasteiger partial charge in [0, 0.05) is 22.0 Å². The van der Waals surface area contributed by atoms with Gasteiger partial charge in [-0.05, 0) is 37.1 Å². The van der Waals surface area contributed by atoms with Crippen LogP contribution in [0.25, 0.3) is 10.6 Å². The molecule has 158 valence electrons. The summed E-state index contributed by atoms with van der Waals surface area (Å²) < 4.78 is 5.08. The number of benzene rings is 2. The Morgan fingerprint density at radius 2 is 1.84 bits per heavy atom. The zero-order valence-corrected chi connectivity index (χ0v) is 17.8. The number of hydrogen-bond donors (Lipinski definition) is 2. The zero-order chi connectivity index (χ0) is 21.8. The quantitative estimate of drug-likeness (QED) is 0.521. The molecule has 1 saturated carbocycles. The average Bonchev–Trinajstić information content (AvgIpc) is 3.44. The van der Waals surface area contributed by atoms with E-state index in [0.29, 0.717) is 21.3 Å². The lowest BCUT2D eigenvalue weighted by atomic mass is 10.1. The van der Waals surface area contributed by atoms with Gasteiger partial charge in [-0.3, -0.25) is 9.59 Å². The molecule has 0 saturated heterocycles. The molecule has 2 aromatic carbocycles. The van der Waals surface area contributed by atoms with Crippen molar-refractivity contribution in [2.24, 2.45) is 0 Å². The molecule has 0 bridgehead atoms. The molecule has 0 atom stereocenters. The predicted octanol–water partition coefficient (Wildman–Crippen LogP) is 4.15. The van der Waals surface area contributed by atoms with E-state index in [9.17, 15) is 14.4 Å². The number of carbonyl (C=O) groups is 3. The van der Waals surface area contributed by atoms with Crippen molar-refractivity contribution in [1.29, 1.82) is 0 Å². The Morgan fingerprint density at radius 3 is 2.58 bits per heavy atom. The third kappa shape index (κ3) is 5.48. The standard InChI is InChI=1S/C22H18ClN3O4S/c23-14-7-5-13(6-8-14)21-26-18(12-31-21)22(29)30-11-19(27)25-17-4-2-1-3-16(17)20(28)24-15-9-10-15/h1-8,12,15H,9-11H2,(H,24,28)(H,25,27). The van der Waals surface area contributed by atoms with Crippen LogP contribution < -0.4 is 10.6 Å². The minimum atomic E-state index is -0.702. The second-order valence-corrected chi connectivity index (χ2v) is 8.26. The summed E-state index contributed by atoms with van der Waals surface area (Å²) in [7, 11) is 0. The van der Waals surface area contributed by atoms with Crippen molar-refractivity contribution in [2.45, 2.75) is 18.9 Å². The molecule has 2 N–H and O–H groups in total. The van der Waals surface area contributed by atoms with Crippen LogP contribution in [0.15, 0.2) is 53.9 Å². The number of esters is 1. The van der Waals surface area contributed by atoms with E-state index in [-0.39, 0.29) is 17.6 Å². The van der Waals surface area contributed by atoms with Gasteiger partial charge in [0.15, 0.2) is 12.3 Å². The van der Waals surface area contributed by atoms with Gasteiger partial charge in [-0.25, -0.2) is 9.78 Å². The summed E-state index contributed by atoms with van der Waals surface area (Å²) in [4.78, 5) is 41.1. The van der Waals surface area contributed by atoms with Crippen molar-refractivity contribution in [3.05, 3.63) is 70.2 Å². The number of rotatable bonds is 7. The van der Waals surface area contributed by atoms with Crippen LogP contribution >= 0.6 is 22.9 Å². The molecule has 1 aliphatic rings. The minimum absolute atomic E-state index is 0.118. The summed E-state index contributed by atoms with van der Waals surface area (Å²) in [6.07, 6.45) is 1.93. The summed E-state index contributed by atoms with van der Waals surface area (Å²) in [6, 6.07) is 14.0. The Hall–Kier alpha value is -3.23. The number of aromatic nitrogens is 1. The van der Waals surface area contributed by atoms with Crippen LogP contribution in [0.1, 0.15) is 33.7 Å². The molecule has 7 nitrogen and oxygen atoms in total. The van der Waals surface area contributed by atoms with Gasteiger partial charge in [0.25, 0.3) is 11.8 Å². The molecule has 9 heteroatoms. The Labute approximate surface area is 187 Å². The van der Waals surface area contributed by atoms with Crippen LogP contribution in [0.5, 0.6) is 0 Å². The third-order valence-corrected chi connectivity index (χ3v) is 5.64. The van der Waals surface area contributed by atoms with Gasteiger partial charge in [0.05, 0.1) is 11.3 Å². The highest BCUT2D eigenvalue weighted by Gasteiger charge is 2.25. The van der Waals surface area contributed by atoms with Gasteiger partial charge in [-0.2, -0.15) is 0 Å². The first kappa shape index (κ1) is 21.0. The lowest BCUT2D eigenvalue weighted by Gasteiger charge is -2.11. The van der Waals surface area contributed by atoms with Crippen LogP contribution in [0.3, 0.4) is 0 Å². The van der Waals surface area contributed by atoms with E-state index in [2.05, 4.69) is 15.6 Å². The zero-order valence-electron chi connectivity index (χ0n) is 16.3. The fourth-order valence-corrected chi connectivity index (χ4v) is 3.69. The van der Waals surface area contributed by atoms with Crippen LogP contribution in [0.4, 0.5) is 5.69 Å². The molecular formula is C22H18ClN3O4S. The largest absolute Gasteiger partial charge is 0.451 e. The molecular weight excluding hydrogens is 438 g/mol. The van der Waals surface area contributed by atoms with E-state index in [1.165, 1.54) is 11.3 Å². The minimum Gasteiger partial charge on any atom is -0.451 e. The van der Waals surface area contributed by atoms with E-state index < -0.39 is 18.5 Å². The number of anilines is 1. The number of carbonyl (C=O) groups excluding carboxylic acids is 3. The van der Waals surface area contributed by atoms with Crippen molar-refractivity contribution in [3.8, 4) is 10.6 Å². The molecule has 0 radical (unpaired) electrons. The van der Waals surface area contributed by atoms with Crippen LogP contribution in [0.2, 0.25) is 5.02 Å². The highest BCUT2D eigenvalue weighted by atomic mass is 35.5. The predicted molar refractivity (Wildman–Crippen MR) is 118 cm³/mol. The van der Waals surface area contributed by atoms with Gasteiger partial charge in [0.1, 0.15) is 5.01 Å². The third-order valence-electron chi connectivity index (χ3n) is 4.50. The Balaban J connectivity index is 1.33. The molecule has 1 fully saturated rings. The highest BCUT2D eigenvalue weighted by molar-refractivity contribution is 7.13. The topological polar surface area (TPSA) is 97.4 Å². The Morgan fingerprint density at radius 1 is 1.10 bits per heavy atom. The smallest absolute Gasteiger partial charge is 0.358 e. The van der Waals surface area contributed by atoms with Crippen LogP contribution in [0, 0.1) is 0 Å². The molecule has 4 rings (SSSR count). The number of nitrogens with zero attached hydrogens (tertiary/aromatic N) is 1. The highest BCUT2D eigenvalue weighted by Crippen LogP contribution is 2.25. The average molecular weight is 456 g/mol. The van der Waals surface area contributed by atoms with Gasteiger partial charge >= 0.3 is 5.97 Å². The van der Waals surface area contributed by atoms with Gasteiger partial charge in [-0.15, -0.1) is 11.3 Å². The second-order valence-electron chi connectivity index (χ2n) is 6.96. The Kier molecular flexibility index (Phi) is 6.29. The molecule has 31 heavy (non-hydrogen) atoms. The van der Waals surface area contributed by atoms with E-state index in [1.54, 1.807) is 53.9 Å². The van der Waals surface area contributed by atoms with Crippen molar-refractivity contribution in [1.82, 2.24) is 10.3 Å². The number of halogens is 1. The maximum atomic E-state index is 12.3. The maximum Gasteiger partial charge on any atom is 0.358 e. The number of para-hydroxylation sites is 1. The normalized spacial score (nSPS) is 12.8. The van der Waals surface area contributed by atoms with E-state index in [0.717, 1.165) is 18.4 Å². The van der Waals surface area contributed by atoms with Crippen molar-refractivity contribution in [3.63, 3.8) is 0 Å². The molecule has 0 spiro atoms. The maximum absolute atomic E-state index is 12.3. The summed E-state index contributed by atoms with van der Waals surface area (Å²) >= 11 is 7.17. The summed E-state index contributed by atoms with van der Waals surface area (Å²) in [5, 5.41) is 8.33. The first-order valence-corrected chi connectivity index (χ1v) is 10.8. The van der Waals surface area contributed by atoms with E-state index >= 15 is 0 Å². The van der Waals surface area contributed by atoms with E-state index in [4.69, 9.17) is 16.3 Å². The van der Waals surface area contributed by atoms with Crippen molar-refractivity contribution >= 4 is 46.4 Å². The fraction of sp³-hybridized carbons (Fsp3) is 0.182. The molecule has 0 aliphatic heterocycles. The summed E-state index contributed by atoms with van der Waals surface area (Å²) in [6.45, 7) is -0.495. The monoisotopic (exact) mass is 455 g/mol. The first-order chi connectivity index (χ1) is 15.0. The summed E-state index contributed by atoms with van der Waals surface area (Å²) in [5.41, 5.74) is 1.67. The molecule has 1 aliphatic carbocycles. The molecule has 1 heterocycles. The number of amides is 2. The van der Waals surface area contributed by atoms with Crippen molar-refractivity contribution in [2.75, 3.05) is 11.9 Å². The van der Waals surface area contributed by atoms with Crippen molar-refractivity contribution < 1.29 is 19.1 Å². The Bertz CT molecular complexity index is 1130. The van der Waals surface area contributed by atoms with Gasteiger partial charge < -0.3 is 15.4 Å². The fourth-order valence-electron chi connectivity index (χ4n) is 2.76. The van der Waals surface area contributed by atoms with Gasteiger partial charge in [0.2, 0.25) is 0 Å². The molecule has 3 aromatic rings.